The SMILES string of the molecule is CCc1cc(CN2C(=O)C(=O)c3ccc(Br)cc32)n(C)n1. The maximum atomic E-state index is 12.2. The van der Waals surface area contributed by atoms with Gasteiger partial charge in [0.1, 0.15) is 0 Å². The Bertz CT molecular complexity index is 751. The average Bonchev–Trinajstić information content (AvgIpc) is 2.93. The minimum absolute atomic E-state index is 0.345. The van der Waals surface area contributed by atoms with Crippen LogP contribution in [0.4, 0.5) is 5.69 Å². The molecule has 0 saturated heterocycles. The lowest BCUT2D eigenvalue weighted by molar-refractivity contribution is -0.114. The monoisotopic (exact) mass is 347 g/mol. The number of nitrogens with zero attached hydrogens (tertiary/aromatic N) is 3. The van der Waals surface area contributed by atoms with Gasteiger partial charge in [-0.1, -0.05) is 22.9 Å². The summed E-state index contributed by atoms with van der Waals surface area (Å²) < 4.78 is 2.60. The van der Waals surface area contributed by atoms with Gasteiger partial charge in [0, 0.05) is 11.5 Å². The van der Waals surface area contributed by atoms with Crippen molar-refractivity contribution in [1.82, 2.24) is 9.78 Å². The minimum atomic E-state index is -0.484. The number of ketones is 1. The zero-order valence-corrected chi connectivity index (χ0v) is 13.3. The van der Waals surface area contributed by atoms with E-state index in [-0.39, 0.29) is 0 Å². The van der Waals surface area contributed by atoms with Gasteiger partial charge in [0.15, 0.2) is 0 Å². The molecule has 0 unspecified atom stereocenters. The Balaban J connectivity index is 1.99. The van der Waals surface area contributed by atoms with Crippen molar-refractivity contribution in [2.75, 3.05) is 4.90 Å². The summed E-state index contributed by atoms with van der Waals surface area (Å²) in [7, 11) is 1.85. The normalized spacial score (nSPS) is 14.0. The summed E-state index contributed by atoms with van der Waals surface area (Å²) in [5.41, 5.74) is 2.99. The first-order valence-corrected chi connectivity index (χ1v) is 7.48. The predicted molar refractivity (Wildman–Crippen MR) is 82.2 cm³/mol. The second kappa shape index (κ2) is 5.11. The van der Waals surface area contributed by atoms with Gasteiger partial charge in [0.25, 0.3) is 11.7 Å². The van der Waals surface area contributed by atoms with Gasteiger partial charge in [0.05, 0.1) is 29.2 Å². The van der Waals surface area contributed by atoms with E-state index in [2.05, 4.69) is 21.0 Å². The summed E-state index contributed by atoms with van der Waals surface area (Å²) in [5.74, 6) is -0.933. The molecule has 2 aromatic rings. The molecular formula is C15H14BrN3O2. The molecule has 1 aromatic carbocycles. The van der Waals surface area contributed by atoms with Crippen molar-refractivity contribution in [2.45, 2.75) is 19.9 Å². The first-order valence-electron chi connectivity index (χ1n) is 6.68. The van der Waals surface area contributed by atoms with E-state index in [1.54, 1.807) is 22.9 Å². The van der Waals surface area contributed by atoms with E-state index in [1.807, 2.05) is 20.0 Å². The van der Waals surface area contributed by atoms with Gasteiger partial charge >= 0.3 is 0 Å². The largest absolute Gasteiger partial charge is 0.299 e. The molecule has 1 aromatic heterocycles. The van der Waals surface area contributed by atoms with Crippen LogP contribution in [0.2, 0.25) is 0 Å². The molecule has 0 saturated carbocycles. The van der Waals surface area contributed by atoms with E-state index in [0.29, 0.717) is 17.8 Å². The van der Waals surface area contributed by atoms with Crippen molar-refractivity contribution in [1.29, 1.82) is 0 Å². The predicted octanol–water partition coefficient (Wildman–Crippen LogP) is 2.47. The molecule has 2 heterocycles. The highest BCUT2D eigenvalue weighted by Crippen LogP contribution is 2.32. The molecule has 1 aliphatic rings. The van der Waals surface area contributed by atoms with Crippen LogP contribution < -0.4 is 4.90 Å². The molecular weight excluding hydrogens is 334 g/mol. The Morgan fingerprint density at radius 1 is 1.24 bits per heavy atom. The summed E-state index contributed by atoms with van der Waals surface area (Å²) in [6.45, 7) is 2.38. The lowest BCUT2D eigenvalue weighted by Gasteiger charge is -2.16. The fourth-order valence-electron chi connectivity index (χ4n) is 2.48. The number of anilines is 1. The third-order valence-electron chi connectivity index (χ3n) is 3.64. The molecule has 0 N–H and O–H groups in total. The van der Waals surface area contributed by atoms with Crippen LogP contribution in [-0.2, 0) is 24.8 Å². The van der Waals surface area contributed by atoms with Gasteiger partial charge in [-0.2, -0.15) is 5.10 Å². The highest BCUT2D eigenvalue weighted by Gasteiger charge is 2.36. The van der Waals surface area contributed by atoms with E-state index in [9.17, 15) is 9.59 Å². The van der Waals surface area contributed by atoms with Crippen LogP contribution in [-0.4, -0.2) is 21.5 Å². The number of aryl methyl sites for hydroxylation is 2. The Hall–Kier alpha value is -1.95. The van der Waals surface area contributed by atoms with Gasteiger partial charge < -0.3 is 0 Å². The number of Topliss-reactive ketones (excluding diaryl/α,β-unsaturated/α-hetero) is 1. The highest BCUT2D eigenvalue weighted by atomic mass is 79.9. The highest BCUT2D eigenvalue weighted by molar-refractivity contribution is 9.10. The number of halogens is 1. The summed E-state index contributed by atoms with van der Waals surface area (Å²) in [6, 6.07) is 7.22. The van der Waals surface area contributed by atoms with Crippen LogP contribution in [0, 0.1) is 0 Å². The Labute approximate surface area is 130 Å². The van der Waals surface area contributed by atoms with Gasteiger partial charge in [0.2, 0.25) is 0 Å². The Morgan fingerprint density at radius 3 is 2.67 bits per heavy atom. The average molecular weight is 348 g/mol. The second-order valence-electron chi connectivity index (χ2n) is 4.99. The van der Waals surface area contributed by atoms with Crippen LogP contribution >= 0.6 is 15.9 Å². The number of carbonyl (C=O) groups excluding carboxylic acids is 2. The zero-order valence-electron chi connectivity index (χ0n) is 11.8. The smallest absolute Gasteiger partial charge is 0.299 e. The van der Waals surface area contributed by atoms with Crippen LogP contribution in [0.15, 0.2) is 28.7 Å². The van der Waals surface area contributed by atoms with Gasteiger partial charge in [-0.15, -0.1) is 0 Å². The molecule has 108 valence electrons. The van der Waals surface area contributed by atoms with Crippen LogP contribution in [0.1, 0.15) is 28.7 Å². The number of hydrogen-bond acceptors (Lipinski definition) is 3. The van der Waals surface area contributed by atoms with Gasteiger partial charge in [-0.25, -0.2) is 0 Å². The van der Waals surface area contributed by atoms with Crippen LogP contribution in [0.3, 0.4) is 0 Å². The fourth-order valence-corrected chi connectivity index (χ4v) is 2.83. The van der Waals surface area contributed by atoms with Gasteiger partial charge in [-0.3, -0.25) is 19.2 Å². The molecule has 0 spiro atoms. The van der Waals surface area contributed by atoms with E-state index in [4.69, 9.17) is 0 Å². The molecule has 0 fully saturated rings. The number of fused-ring (bicyclic) bond motifs is 1. The number of amides is 1. The summed E-state index contributed by atoms with van der Waals surface area (Å²) in [5, 5.41) is 4.37. The van der Waals surface area contributed by atoms with E-state index in [1.165, 1.54) is 4.90 Å². The quantitative estimate of drug-likeness (QED) is 0.801. The molecule has 21 heavy (non-hydrogen) atoms. The minimum Gasteiger partial charge on any atom is -0.299 e. The number of carbonyl (C=O) groups is 2. The summed E-state index contributed by atoms with van der Waals surface area (Å²) in [4.78, 5) is 25.7. The van der Waals surface area contributed by atoms with Gasteiger partial charge in [-0.05, 0) is 30.7 Å². The number of rotatable bonds is 3. The maximum absolute atomic E-state index is 12.2. The maximum Gasteiger partial charge on any atom is 0.299 e. The summed E-state index contributed by atoms with van der Waals surface area (Å²) >= 11 is 3.38. The molecule has 1 amide bonds. The topological polar surface area (TPSA) is 55.2 Å². The zero-order chi connectivity index (χ0) is 15.1. The third-order valence-corrected chi connectivity index (χ3v) is 4.14. The number of benzene rings is 1. The molecule has 1 aliphatic heterocycles. The lowest BCUT2D eigenvalue weighted by atomic mass is 10.1. The molecule has 0 aliphatic carbocycles. The first kappa shape index (κ1) is 14.0. The lowest BCUT2D eigenvalue weighted by Crippen LogP contribution is -2.30. The van der Waals surface area contributed by atoms with E-state index >= 15 is 0 Å². The van der Waals surface area contributed by atoms with Crippen molar-refractivity contribution in [3.8, 4) is 0 Å². The summed E-state index contributed by atoms with van der Waals surface area (Å²) in [6.07, 6.45) is 0.836. The second-order valence-corrected chi connectivity index (χ2v) is 5.90. The molecule has 0 atom stereocenters. The molecule has 5 nitrogen and oxygen atoms in total. The fraction of sp³-hybridized carbons (Fsp3) is 0.267. The van der Waals surface area contributed by atoms with Crippen molar-refractivity contribution >= 4 is 33.3 Å². The standard InChI is InChI=1S/C15H14BrN3O2/c1-3-10-7-11(18(2)17-10)8-19-13-6-9(16)4-5-12(13)14(20)15(19)21/h4-7H,3,8H2,1-2H3. The molecule has 0 radical (unpaired) electrons. The van der Waals surface area contributed by atoms with E-state index in [0.717, 1.165) is 22.3 Å². The molecule has 3 rings (SSSR count). The van der Waals surface area contributed by atoms with Crippen molar-refractivity contribution in [3.63, 3.8) is 0 Å². The Morgan fingerprint density at radius 2 is 2.00 bits per heavy atom. The number of hydrogen-bond donors (Lipinski definition) is 0. The van der Waals surface area contributed by atoms with Crippen LogP contribution in [0.5, 0.6) is 0 Å². The first-order chi connectivity index (χ1) is 10.0. The third kappa shape index (κ3) is 2.29. The van der Waals surface area contributed by atoms with Crippen molar-refractivity contribution < 1.29 is 9.59 Å². The molecule has 0 bridgehead atoms. The Kier molecular flexibility index (Phi) is 3.41. The van der Waals surface area contributed by atoms with Crippen molar-refractivity contribution in [2.24, 2.45) is 7.05 Å². The van der Waals surface area contributed by atoms with E-state index < -0.39 is 11.7 Å². The van der Waals surface area contributed by atoms with Crippen LogP contribution in [0.25, 0.3) is 0 Å². The molecule has 6 heteroatoms. The van der Waals surface area contributed by atoms with Crippen molar-refractivity contribution in [3.05, 3.63) is 45.7 Å². The number of aromatic nitrogens is 2.